The SMILES string of the molecule is NC(=S)N/N=C/C1=C(Cl)c2ccccc2C1. The van der Waals surface area contributed by atoms with E-state index in [-0.39, 0.29) is 5.11 Å². The highest BCUT2D eigenvalue weighted by atomic mass is 35.5. The largest absolute Gasteiger partial charge is 0.375 e. The van der Waals surface area contributed by atoms with Gasteiger partial charge in [0.25, 0.3) is 0 Å². The highest BCUT2D eigenvalue weighted by Gasteiger charge is 2.17. The third kappa shape index (κ3) is 2.23. The van der Waals surface area contributed by atoms with Crippen molar-refractivity contribution in [1.29, 1.82) is 0 Å². The van der Waals surface area contributed by atoms with E-state index >= 15 is 0 Å². The molecule has 3 N–H and O–H groups in total. The Morgan fingerprint density at radius 1 is 1.50 bits per heavy atom. The second-order valence-corrected chi connectivity index (χ2v) is 4.23. The Morgan fingerprint density at radius 3 is 2.94 bits per heavy atom. The van der Waals surface area contributed by atoms with E-state index in [2.05, 4.69) is 28.8 Å². The van der Waals surface area contributed by atoms with Crippen molar-refractivity contribution in [3.8, 4) is 0 Å². The molecular weight excluding hydrogens is 242 g/mol. The molecule has 2 rings (SSSR count). The molecule has 0 unspecified atom stereocenters. The van der Waals surface area contributed by atoms with E-state index in [0.29, 0.717) is 0 Å². The van der Waals surface area contributed by atoms with Crippen LogP contribution in [-0.2, 0) is 6.42 Å². The molecule has 0 amide bonds. The summed E-state index contributed by atoms with van der Waals surface area (Å²) < 4.78 is 0. The molecule has 0 radical (unpaired) electrons. The first kappa shape index (κ1) is 11.1. The van der Waals surface area contributed by atoms with Gasteiger partial charge in [-0.1, -0.05) is 35.9 Å². The first-order valence-corrected chi connectivity index (χ1v) is 5.52. The molecule has 3 nitrogen and oxygen atoms in total. The summed E-state index contributed by atoms with van der Waals surface area (Å²) in [6, 6.07) is 8.02. The fourth-order valence-electron chi connectivity index (χ4n) is 1.62. The van der Waals surface area contributed by atoms with Crippen molar-refractivity contribution in [1.82, 2.24) is 5.43 Å². The van der Waals surface area contributed by atoms with Gasteiger partial charge in [-0.05, 0) is 28.9 Å². The van der Waals surface area contributed by atoms with Crippen molar-refractivity contribution in [2.45, 2.75) is 6.42 Å². The van der Waals surface area contributed by atoms with Crippen LogP contribution in [0.25, 0.3) is 5.03 Å². The number of nitrogens with zero attached hydrogens (tertiary/aromatic N) is 1. The van der Waals surface area contributed by atoms with Gasteiger partial charge in [-0.2, -0.15) is 5.10 Å². The molecule has 82 valence electrons. The first-order chi connectivity index (χ1) is 7.68. The van der Waals surface area contributed by atoms with Crippen LogP contribution in [0.15, 0.2) is 34.9 Å². The summed E-state index contributed by atoms with van der Waals surface area (Å²) in [7, 11) is 0. The predicted octanol–water partition coefficient (Wildman–Crippen LogP) is 2.01. The maximum atomic E-state index is 6.22. The van der Waals surface area contributed by atoms with Crippen molar-refractivity contribution in [2.75, 3.05) is 0 Å². The molecule has 0 atom stereocenters. The number of thiocarbonyl (C=S) groups is 1. The molecule has 1 aliphatic rings. The fraction of sp³-hybridized carbons (Fsp3) is 0.0909. The van der Waals surface area contributed by atoms with Crippen molar-refractivity contribution in [3.63, 3.8) is 0 Å². The van der Waals surface area contributed by atoms with Gasteiger partial charge in [0.05, 0.1) is 11.2 Å². The van der Waals surface area contributed by atoms with Crippen LogP contribution in [0.4, 0.5) is 0 Å². The van der Waals surface area contributed by atoms with E-state index in [1.807, 2.05) is 18.2 Å². The Kier molecular flexibility index (Phi) is 3.22. The Morgan fingerprint density at radius 2 is 2.25 bits per heavy atom. The molecule has 1 aliphatic carbocycles. The van der Waals surface area contributed by atoms with Gasteiger partial charge >= 0.3 is 0 Å². The molecule has 0 spiro atoms. The third-order valence-corrected chi connectivity index (χ3v) is 2.85. The molecule has 0 saturated heterocycles. The Balaban J connectivity index is 2.18. The van der Waals surface area contributed by atoms with Crippen LogP contribution in [-0.4, -0.2) is 11.3 Å². The van der Waals surface area contributed by atoms with Gasteiger partial charge in [-0.3, -0.25) is 5.43 Å². The number of hydrogen-bond donors (Lipinski definition) is 2. The Hall–Kier alpha value is -1.39. The zero-order valence-corrected chi connectivity index (χ0v) is 9.98. The summed E-state index contributed by atoms with van der Waals surface area (Å²) in [6.45, 7) is 0. The summed E-state index contributed by atoms with van der Waals surface area (Å²) in [5.74, 6) is 0. The standard InChI is InChI=1S/C11H10ClN3S/c12-10-8(6-14-15-11(13)16)5-7-3-1-2-4-9(7)10/h1-4,6H,5H2,(H3,13,15,16)/b14-6+. The number of hydrogen-bond acceptors (Lipinski definition) is 2. The van der Waals surface area contributed by atoms with Crippen molar-refractivity contribution in [3.05, 3.63) is 41.0 Å². The minimum Gasteiger partial charge on any atom is -0.375 e. The number of benzene rings is 1. The Bertz CT molecular complexity index is 494. The second-order valence-electron chi connectivity index (χ2n) is 3.41. The zero-order chi connectivity index (χ0) is 11.5. The fourth-order valence-corrected chi connectivity index (χ4v) is 1.97. The summed E-state index contributed by atoms with van der Waals surface area (Å²) in [6.07, 6.45) is 2.44. The lowest BCUT2D eigenvalue weighted by molar-refractivity contribution is 1.04. The smallest absolute Gasteiger partial charge is 0.184 e. The molecule has 0 bridgehead atoms. The minimum atomic E-state index is 0.142. The maximum Gasteiger partial charge on any atom is 0.184 e. The normalized spacial score (nSPS) is 14.3. The van der Waals surface area contributed by atoms with E-state index in [1.165, 1.54) is 5.56 Å². The van der Waals surface area contributed by atoms with Crippen LogP contribution in [0, 0.1) is 0 Å². The molecule has 1 aromatic carbocycles. The number of nitrogens with one attached hydrogen (secondary N) is 1. The minimum absolute atomic E-state index is 0.142. The van der Waals surface area contributed by atoms with Gasteiger partial charge in [-0.15, -0.1) is 0 Å². The number of fused-ring (bicyclic) bond motifs is 1. The zero-order valence-electron chi connectivity index (χ0n) is 8.40. The van der Waals surface area contributed by atoms with Gasteiger partial charge in [-0.25, -0.2) is 0 Å². The molecule has 0 saturated carbocycles. The topological polar surface area (TPSA) is 50.4 Å². The number of allylic oxidation sites excluding steroid dienone is 1. The summed E-state index contributed by atoms with van der Waals surface area (Å²) in [5.41, 5.74) is 11.0. The summed E-state index contributed by atoms with van der Waals surface area (Å²) in [5, 5.41) is 4.78. The van der Waals surface area contributed by atoms with Crippen LogP contribution >= 0.6 is 23.8 Å². The van der Waals surface area contributed by atoms with E-state index in [1.54, 1.807) is 6.21 Å². The highest BCUT2D eigenvalue weighted by Crippen LogP contribution is 2.34. The predicted molar refractivity (Wildman–Crippen MR) is 71.3 cm³/mol. The molecule has 0 heterocycles. The highest BCUT2D eigenvalue weighted by molar-refractivity contribution is 7.80. The lowest BCUT2D eigenvalue weighted by Gasteiger charge is -1.95. The first-order valence-electron chi connectivity index (χ1n) is 4.74. The molecule has 16 heavy (non-hydrogen) atoms. The second kappa shape index (κ2) is 4.63. The Labute approximate surface area is 104 Å². The molecule has 0 aromatic heterocycles. The van der Waals surface area contributed by atoms with Gasteiger partial charge in [0, 0.05) is 6.42 Å². The molecular formula is C11H10ClN3S. The number of halogens is 1. The van der Waals surface area contributed by atoms with Gasteiger partial charge in [0.15, 0.2) is 5.11 Å². The van der Waals surface area contributed by atoms with Gasteiger partial charge in [0.1, 0.15) is 0 Å². The lowest BCUT2D eigenvalue weighted by Crippen LogP contribution is -2.24. The molecule has 0 fully saturated rings. The molecule has 0 aliphatic heterocycles. The lowest BCUT2D eigenvalue weighted by atomic mass is 10.1. The van der Waals surface area contributed by atoms with Gasteiger partial charge < -0.3 is 5.73 Å². The molecule has 1 aromatic rings. The van der Waals surface area contributed by atoms with Crippen LogP contribution < -0.4 is 11.2 Å². The van der Waals surface area contributed by atoms with E-state index < -0.39 is 0 Å². The van der Waals surface area contributed by atoms with Gasteiger partial charge in [0.2, 0.25) is 0 Å². The quantitative estimate of drug-likeness (QED) is 0.480. The van der Waals surface area contributed by atoms with Crippen molar-refractivity contribution >= 4 is 40.2 Å². The van der Waals surface area contributed by atoms with Crippen LogP contribution in [0.5, 0.6) is 0 Å². The summed E-state index contributed by atoms with van der Waals surface area (Å²) >= 11 is 10.9. The van der Waals surface area contributed by atoms with Crippen molar-refractivity contribution in [2.24, 2.45) is 10.8 Å². The average Bonchev–Trinajstić information content (AvgIpc) is 2.56. The molecule has 5 heteroatoms. The maximum absolute atomic E-state index is 6.22. The monoisotopic (exact) mass is 251 g/mol. The third-order valence-electron chi connectivity index (χ3n) is 2.31. The number of nitrogens with two attached hydrogens (primary N) is 1. The van der Waals surface area contributed by atoms with E-state index in [9.17, 15) is 0 Å². The van der Waals surface area contributed by atoms with E-state index in [0.717, 1.165) is 22.6 Å². The van der Waals surface area contributed by atoms with Crippen molar-refractivity contribution < 1.29 is 0 Å². The van der Waals surface area contributed by atoms with Crippen LogP contribution in [0.2, 0.25) is 0 Å². The van der Waals surface area contributed by atoms with E-state index in [4.69, 9.17) is 17.3 Å². The summed E-state index contributed by atoms with van der Waals surface area (Å²) in [4.78, 5) is 0. The number of hydrazone groups is 1. The average molecular weight is 252 g/mol. The number of rotatable bonds is 2. The van der Waals surface area contributed by atoms with Crippen LogP contribution in [0.3, 0.4) is 0 Å². The van der Waals surface area contributed by atoms with Crippen LogP contribution in [0.1, 0.15) is 11.1 Å².